The summed E-state index contributed by atoms with van der Waals surface area (Å²) < 4.78 is 0. The molecule has 56 valence electrons. The number of aryl methyl sites for hydroxylation is 1. The number of fused-ring (bicyclic) bond motifs is 3. The lowest BCUT2D eigenvalue weighted by molar-refractivity contribution is 0.856. The highest BCUT2D eigenvalue weighted by molar-refractivity contribution is 5.40. The van der Waals surface area contributed by atoms with Gasteiger partial charge in [-0.3, -0.25) is 4.98 Å². The minimum Gasteiger partial charge on any atom is -0.261 e. The third kappa shape index (κ3) is 0.684. The summed E-state index contributed by atoms with van der Waals surface area (Å²) in [6.07, 6.45) is 4.84. The van der Waals surface area contributed by atoms with Crippen molar-refractivity contribution in [3.05, 3.63) is 29.1 Å². The van der Waals surface area contributed by atoms with Crippen LogP contribution in [0.1, 0.15) is 29.2 Å². The van der Waals surface area contributed by atoms with E-state index in [4.69, 9.17) is 0 Å². The average Bonchev–Trinajstić information content (AvgIpc) is 2.63. The number of nitrogens with zero attached hydrogens (tertiary/aromatic N) is 1. The normalized spacial score (nSPS) is 31.4. The van der Waals surface area contributed by atoms with E-state index in [1.54, 1.807) is 11.1 Å². The van der Waals surface area contributed by atoms with Crippen molar-refractivity contribution < 1.29 is 0 Å². The summed E-state index contributed by atoms with van der Waals surface area (Å²) >= 11 is 0. The zero-order valence-corrected chi connectivity index (χ0v) is 6.67. The van der Waals surface area contributed by atoms with Gasteiger partial charge in [-0.25, -0.2) is 0 Å². The third-order valence-electron chi connectivity index (χ3n) is 2.97. The SMILES string of the molecule is Cc1cc2c(cn1)C1CC1C2. The van der Waals surface area contributed by atoms with Crippen molar-refractivity contribution in [1.29, 1.82) is 0 Å². The molecule has 0 spiro atoms. The van der Waals surface area contributed by atoms with E-state index in [9.17, 15) is 0 Å². The molecule has 0 aromatic carbocycles. The summed E-state index contributed by atoms with van der Waals surface area (Å²) in [5.41, 5.74) is 4.28. The second kappa shape index (κ2) is 1.66. The van der Waals surface area contributed by atoms with Crippen LogP contribution < -0.4 is 0 Å². The van der Waals surface area contributed by atoms with Gasteiger partial charge in [0.2, 0.25) is 0 Å². The van der Waals surface area contributed by atoms with Crippen LogP contribution in [0.3, 0.4) is 0 Å². The van der Waals surface area contributed by atoms with E-state index >= 15 is 0 Å². The van der Waals surface area contributed by atoms with E-state index in [1.807, 2.05) is 0 Å². The van der Waals surface area contributed by atoms with Gasteiger partial charge in [-0.2, -0.15) is 0 Å². The van der Waals surface area contributed by atoms with Gasteiger partial charge in [0.15, 0.2) is 0 Å². The summed E-state index contributed by atoms with van der Waals surface area (Å²) in [6.45, 7) is 2.07. The van der Waals surface area contributed by atoms with Crippen LogP contribution in [0.15, 0.2) is 12.3 Å². The van der Waals surface area contributed by atoms with Crippen LogP contribution in [-0.2, 0) is 6.42 Å². The number of rotatable bonds is 0. The molecule has 11 heavy (non-hydrogen) atoms. The van der Waals surface area contributed by atoms with E-state index in [0.29, 0.717) is 0 Å². The first kappa shape index (κ1) is 5.76. The van der Waals surface area contributed by atoms with Crippen LogP contribution in [0.25, 0.3) is 0 Å². The molecule has 0 N–H and O–H groups in total. The molecule has 0 radical (unpaired) electrons. The van der Waals surface area contributed by atoms with E-state index in [0.717, 1.165) is 11.8 Å². The molecule has 0 aliphatic heterocycles. The Morgan fingerprint density at radius 1 is 1.55 bits per heavy atom. The molecular formula is C10H11N. The third-order valence-corrected chi connectivity index (χ3v) is 2.97. The quantitative estimate of drug-likeness (QED) is 0.544. The lowest BCUT2D eigenvalue weighted by atomic mass is 10.1. The van der Waals surface area contributed by atoms with Crippen molar-refractivity contribution in [3.63, 3.8) is 0 Å². The maximum atomic E-state index is 4.33. The Labute approximate surface area is 66.5 Å². The summed E-state index contributed by atoms with van der Waals surface area (Å²) in [7, 11) is 0. The van der Waals surface area contributed by atoms with Crippen LogP contribution in [-0.4, -0.2) is 4.98 Å². The molecular weight excluding hydrogens is 134 g/mol. The van der Waals surface area contributed by atoms with Crippen LogP contribution >= 0.6 is 0 Å². The second-order valence-corrected chi connectivity index (χ2v) is 3.83. The molecule has 3 rings (SSSR count). The fraction of sp³-hybridized carbons (Fsp3) is 0.500. The van der Waals surface area contributed by atoms with Gasteiger partial charge in [-0.05, 0) is 48.8 Å². The van der Waals surface area contributed by atoms with Crippen LogP contribution in [0.2, 0.25) is 0 Å². The Morgan fingerprint density at radius 3 is 3.36 bits per heavy atom. The Morgan fingerprint density at radius 2 is 2.45 bits per heavy atom. The summed E-state index contributed by atoms with van der Waals surface area (Å²) in [6, 6.07) is 2.25. The van der Waals surface area contributed by atoms with Gasteiger partial charge in [0.25, 0.3) is 0 Å². The molecule has 2 aliphatic carbocycles. The number of pyridine rings is 1. The highest BCUT2D eigenvalue weighted by atomic mass is 14.7. The van der Waals surface area contributed by atoms with E-state index < -0.39 is 0 Å². The van der Waals surface area contributed by atoms with Gasteiger partial charge in [0.1, 0.15) is 0 Å². The maximum Gasteiger partial charge on any atom is 0.0375 e. The molecule has 1 aromatic heterocycles. The molecule has 2 aliphatic rings. The Hall–Kier alpha value is -0.850. The van der Waals surface area contributed by atoms with Crippen LogP contribution in [0.4, 0.5) is 0 Å². The molecule has 0 amide bonds. The lowest BCUT2D eigenvalue weighted by Gasteiger charge is -2.01. The second-order valence-electron chi connectivity index (χ2n) is 3.83. The van der Waals surface area contributed by atoms with E-state index in [2.05, 4.69) is 24.2 Å². The van der Waals surface area contributed by atoms with Gasteiger partial charge < -0.3 is 0 Å². The Balaban J connectivity index is 2.18. The molecule has 2 unspecified atom stereocenters. The first-order valence-electron chi connectivity index (χ1n) is 4.30. The van der Waals surface area contributed by atoms with Crippen LogP contribution in [0.5, 0.6) is 0 Å². The molecule has 1 fully saturated rings. The summed E-state index contributed by atoms with van der Waals surface area (Å²) in [5, 5.41) is 0. The molecule has 1 heteroatoms. The van der Waals surface area contributed by atoms with Gasteiger partial charge in [0.05, 0.1) is 0 Å². The molecule has 1 aromatic rings. The zero-order valence-electron chi connectivity index (χ0n) is 6.67. The van der Waals surface area contributed by atoms with Gasteiger partial charge in [-0.1, -0.05) is 0 Å². The highest BCUT2D eigenvalue weighted by Crippen LogP contribution is 2.55. The Kier molecular flexibility index (Phi) is 0.867. The van der Waals surface area contributed by atoms with Crippen LogP contribution in [0, 0.1) is 12.8 Å². The number of hydrogen-bond donors (Lipinski definition) is 0. The summed E-state index contributed by atoms with van der Waals surface area (Å²) in [4.78, 5) is 4.33. The largest absolute Gasteiger partial charge is 0.261 e. The fourth-order valence-corrected chi connectivity index (χ4v) is 2.27. The van der Waals surface area contributed by atoms with Crippen molar-refractivity contribution >= 4 is 0 Å². The molecule has 2 atom stereocenters. The zero-order chi connectivity index (χ0) is 7.42. The summed E-state index contributed by atoms with van der Waals surface area (Å²) in [5.74, 6) is 1.90. The smallest absolute Gasteiger partial charge is 0.0375 e. The van der Waals surface area contributed by atoms with Crippen molar-refractivity contribution in [3.8, 4) is 0 Å². The molecule has 1 nitrogen and oxygen atoms in total. The molecule has 1 heterocycles. The average molecular weight is 145 g/mol. The van der Waals surface area contributed by atoms with Gasteiger partial charge in [0, 0.05) is 11.9 Å². The molecule has 0 saturated heterocycles. The predicted molar refractivity (Wildman–Crippen MR) is 43.5 cm³/mol. The fourth-order valence-electron chi connectivity index (χ4n) is 2.27. The monoisotopic (exact) mass is 145 g/mol. The lowest BCUT2D eigenvalue weighted by Crippen LogP contribution is -1.90. The first-order valence-corrected chi connectivity index (χ1v) is 4.30. The Bertz CT molecular complexity index is 317. The highest BCUT2D eigenvalue weighted by Gasteiger charge is 2.44. The first-order chi connectivity index (χ1) is 5.34. The topological polar surface area (TPSA) is 12.9 Å². The van der Waals surface area contributed by atoms with Crippen molar-refractivity contribution in [2.75, 3.05) is 0 Å². The van der Waals surface area contributed by atoms with E-state index in [1.165, 1.54) is 18.5 Å². The molecule has 0 bridgehead atoms. The van der Waals surface area contributed by atoms with Gasteiger partial charge in [-0.15, -0.1) is 0 Å². The minimum atomic E-state index is 0.901. The maximum absolute atomic E-state index is 4.33. The van der Waals surface area contributed by atoms with Crippen molar-refractivity contribution in [2.45, 2.75) is 25.7 Å². The van der Waals surface area contributed by atoms with Gasteiger partial charge >= 0.3 is 0 Å². The van der Waals surface area contributed by atoms with E-state index in [-0.39, 0.29) is 0 Å². The standard InChI is InChI=1S/C10H11N/c1-6-2-7-3-8-4-9(8)10(7)5-11-6/h2,5,8-9H,3-4H2,1H3. The van der Waals surface area contributed by atoms with Crippen molar-refractivity contribution in [1.82, 2.24) is 4.98 Å². The predicted octanol–water partition coefficient (Wildman–Crippen LogP) is 2.05. The molecule has 1 saturated carbocycles. The minimum absolute atomic E-state index is 0.901. The number of aromatic nitrogens is 1. The number of hydrogen-bond acceptors (Lipinski definition) is 1. The van der Waals surface area contributed by atoms with Crippen molar-refractivity contribution in [2.24, 2.45) is 5.92 Å².